The maximum atomic E-state index is 11.5. The largest absolute Gasteiger partial charge is 0.396 e. The van der Waals surface area contributed by atoms with Gasteiger partial charge >= 0.3 is 0 Å². The Balaban J connectivity index is 2.09. The summed E-state index contributed by atoms with van der Waals surface area (Å²) in [5.74, 6) is 0.574. The minimum Gasteiger partial charge on any atom is -0.396 e. The smallest absolute Gasteiger partial charge is 0.213 e. The highest BCUT2D eigenvalue weighted by Crippen LogP contribution is 2.26. The maximum absolute atomic E-state index is 11.5. The Morgan fingerprint density at radius 1 is 1.42 bits per heavy atom. The summed E-state index contributed by atoms with van der Waals surface area (Å²) in [6.07, 6.45) is 2.94. The fourth-order valence-corrected chi connectivity index (χ4v) is 2.47. The third-order valence-corrected chi connectivity index (χ3v) is 3.69. The quantitative estimate of drug-likeness (QED) is 0.777. The molecule has 2 rings (SSSR count). The van der Waals surface area contributed by atoms with Gasteiger partial charge in [-0.15, -0.1) is 0 Å². The molecule has 0 saturated heterocycles. The number of nitrogens with zero attached hydrogens (tertiary/aromatic N) is 2. The third-order valence-electron chi connectivity index (χ3n) is 2.54. The first-order valence-electron chi connectivity index (χ1n) is 5.56. The van der Waals surface area contributed by atoms with Crippen LogP contribution in [-0.2, 0) is 16.3 Å². The van der Waals surface area contributed by atoms with Crippen LogP contribution in [0.5, 0.6) is 0 Å². The molecule has 3 N–H and O–H groups in total. The van der Waals surface area contributed by atoms with Gasteiger partial charge in [-0.3, -0.25) is 0 Å². The average molecular weight is 282 g/mol. The van der Waals surface area contributed by atoms with Crippen molar-refractivity contribution in [1.82, 2.24) is 10.1 Å². The van der Waals surface area contributed by atoms with E-state index in [9.17, 15) is 8.42 Å². The predicted molar refractivity (Wildman–Crippen MR) is 70.5 cm³/mol. The molecule has 8 heteroatoms. The van der Waals surface area contributed by atoms with Crippen LogP contribution < -0.4 is 11.1 Å². The number of aromatic nitrogens is 2. The van der Waals surface area contributed by atoms with Gasteiger partial charge in [0.15, 0.2) is 15.7 Å². The number of benzene rings is 1. The lowest BCUT2D eigenvalue weighted by Gasteiger charge is -2.11. The van der Waals surface area contributed by atoms with Gasteiger partial charge in [0, 0.05) is 19.2 Å². The number of nitrogens with two attached hydrogens (primary N) is 1. The predicted octanol–water partition coefficient (Wildman–Crippen LogP) is 0.710. The van der Waals surface area contributed by atoms with Crippen molar-refractivity contribution < 1.29 is 12.9 Å². The Morgan fingerprint density at radius 2 is 2.21 bits per heavy atom. The summed E-state index contributed by atoms with van der Waals surface area (Å²) < 4.78 is 27.7. The molecular weight excluding hydrogens is 268 g/mol. The molecule has 0 aliphatic rings. The number of hydrogen-bond acceptors (Lipinski definition) is 7. The van der Waals surface area contributed by atoms with Gasteiger partial charge in [0.25, 0.3) is 0 Å². The van der Waals surface area contributed by atoms with Crippen LogP contribution in [0.2, 0.25) is 0 Å². The van der Waals surface area contributed by atoms with Crippen LogP contribution in [0.1, 0.15) is 5.82 Å². The number of para-hydroxylation sites is 1. The second kappa shape index (κ2) is 5.27. The van der Waals surface area contributed by atoms with Crippen molar-refractivity contribution in [3.05, 3.63) is 30.4 Å². The second-order valence-corrected chi connectivity index (χ2v) is 6.00. The van der Waals surface area contributed by atoms with E-state index in [0.717, 1.165) is 6.26 Å². The highest BCUT2D eigenvalue weighted by molar-refractivity contribution is 7.90. The molecule has 0 unspecified atom stereocenters. The molecule has 7 nitrogen and oxygen atoms in total. The Hall–Kier alpha value is -2.09. The van der Waals surface area contributed by atoms with Crippen LogP contribution in [0, 0.1) is 0 Å². The van der Waals surface area contributed by atoms with Crippen molar-refractivity contribution in [3.63, 3.8) is 0 Å². The average Bonchev–Trinajstić information content (AvgIpc) is 2.83. The van der Waals surface area contributed by atoms with Gasteiger partial charge in [0.05, 0.1) is 16.3 Å². The fraction of sp³-hybridized carbons (Fsp3) is 0.273. The zero-order valence-electron chi connectivity index (χ0n) is 10.3. The van der Waals surface area contributed by atoms with E-state index in [1.165, 1.54) is 12.5 Å². The van der Waals surface area contributed by atoms with Crippen molar-refractivity contribution in [2.24, 2.45) is 0 Å². The molecule has 0 bridgehead atoms. The molecule has 0 spiro atoms. The summed E-state index contributed by atoms with van der Waals surface area (Å²) in [6, 6.07) is 4.85. The summed E-state index contributed by atoms with van der Waals surface area (Å²) in [6.45, 7) is 0.525. The summed E-state index contributed by atoms with van der Waals surface area (Å²) in [5, 5.41) is 6.73. The van der Waals surface area contributed by atoms with Crippen molar-refractivity contribution in [1.29, 1.82) is 0 Å². The van der Waals surface area contributed by atoms with Crippen molar-refractivity contribution >= 4 is 21.2 Å². The van der Waals surface area contributed by atoms with E-state index in [0.29, 0.717) is 24.5 Å². The van der Waals surface area contributed by atoms with Gasteiger partial charge in [-0.1, -0.05) is 11.2 Å². The number of rotatable bonds is 5. The van der Waals surface area contributed by atoms with Crippen molar-refractivity contribution in [3.8, 4) is 0 Å². The van der Waals surface area contributed by atoms with E-state index in [1.54, 1.807) is 12.1 Å². The lowest BCUT2D eigenvalue weighted by molar-refractivity contribution is 0.410. The van der Waals surface area contributed by atoms with Gasteiger partial charge in [0.1, 0.15) is 0 Å². The van der Waals surface area contributed by atoms with Crippen LogP contribution in [0.4, 0.5) is 11.4 Å². The van der Waals surface area contributed by atoms with Crippen LogP contribution >= 0.6 is 0 Å². The molecule has 0 atom stereocenters. The molecule has 0 aliphatic heterocycles. The first-order valence-corrected chi connectivity index (χ1v) is 7.45. The number of nitrogen functional groups attached to an aromatic ring is 1. The summed E-state index contributed by atoms with van der Waals surface area (Å²) >= 11 is 0. The number of nitrogens with one attached hydrogen (secondary N) is 1. The van der Waals surface area contributed by atoms with Crippen LogP contribution in [-0.4, -0.2) is 31.4 Å². The maximum Gasteiger partial charge on any atom is 0.213 e. The molecule has 0 fully saturated rings. The van der Waals surface area contributed by atoms with E-state index in [-0.39, 0.29) is 10.6 Å². The molecule has 0 amide bonds. The Bertz CT molecular complexity index is 653. The number of sulfone groups is 1. The van der Waals surface area contributed by atoms with E-state index >= 15 is 0 Å². The van der Waals surface area contributed by atoms with Gasteiger partial charge in [0.2, 0.25) is 6.39 Å². The molecule has 19 heavy (non-hydrogen) atoms. The minimum absolute atomic E-state index is 0.122. The molecule has 0 saturated carbocycles. The number of hydrogen-bond donors (Lipinski definition) is 2. The molecule has 1 aromatic carbocycles. The van der Waals surface area contributed by atoms with E-state index < -0.39 is 9.84 Å². The Labute approximate surface area is 110 Å². The van der Waals surface area contributed by atoms with Gasteiger partial charge in [-0.25, -0.2) is 8.42 Å². The topological polar surface area (TPSA) is 111 Å². The highest BCUT2D eigenvalue weighted by Gasteiger charge is 2.13. The van der Waals surface area contributed by atoms with Gasteiger partial charge in [-0.2, -0.15) is 4.98 Å². The molecule has 102 valence electrons. The van der Waals surface area contributed by atoms with E-state index in [1.807, 2.05) is 0 Å². The van der Waals surface area contributed by atoms with Gasteiger partial charge < -0.3 is 15.6 Å². The fourth-order valence-electron chi connectivity index (χ4n) is 1.63. The number of anilines is 2. The summed E-state index contributed by atoms with van der Waals surface area (Å²) in [4.78, 5) is 4.00. The summed E-state index contributed by atoms with van der Waals surface area (Å²) in [7, 11) is -3.33. The highest BCUT2D eigenvalue weighted by atomic mass is 32.2. The molecular formula is C11H14N4O3S. The van der Waals surface area contributed by atoms with Crippen molar-refractivity contribution in [2.75, 3.05) is 23.9 Å². The zero-order chi connectivity index (χ0) is 13.9. The molecule has 0 radical (unpaired) electrons. The second-order valence-electron chi connectivity index (χ2n) is 4.01. The van der Waals surface area contributed by atoms with E-state index in [2.05, 4.69) is 20.0 Å². The SMILES string of the molecule is CS(=O)(=O)c1cccc(NCCc2ncon2)c1N. The first kappa shape index (κ1) is 13.3. The van der Waals surface area contributed by atoms with Gasteiger partial charge in [-0.05, 0) is 12.1 Å². The van der Waals surface area contributed by atoms with Crippen LogP contribution in [0.15, 0.2) is 34.0 Å². The van der Waals surface area contributed by atoms with Crippen LogP contribution in [0.25, 0.3) is 0 Å². The minimum atomic E-state index is -3.33. The standard InChI is InChI=1S/C11H14N4O3S/c1-19(16,17)9-4-2-3-8(11(9)12)13-6-5-10-14-7-18-15-10/h2-4,7,13H,5-6,12H2,1H3. The normalized spacial score (nSPS) is 11.4. The molecule has 1 aromatic heterocycles. The molecule has 0 aliphatic carbocycles. The molecule has 2 aromatic rings. The third kappa shape index (κ3) is 3.22. The monoisotopic (exact) mass is 282 g/mol. The van der Waals surface area contributed by atoms with Crippen molar-refractivity contribution in [2.45, 2.75) is 11.3 Å². The lowest BCUT2D eigenvalue weighted by Crippen LogP contribution is -2.10. The Morgan fingerprint density at radius 3 is 2.84 bits per heavy atom. The Kier molecular flexibility index (Phi) is 3.70. The van der Waals surface area contributed by atoms with Crippen LogP contribution in [0.3, 0.4) is 0 Å². The lowest BCUT2D eigenvalue weighted by atomic mass is 10.2. The van der Waals surface area contributed by atoms with E-state index in [4.69, 9.17) is 5.73 Å². The first-order chi connectivity index (χ1) is 8.98. The zero-order valence-corrected chi connectivity index (χ0v) is 11.1. The summed E-state index contributed by atoms with van der Waals surface area (Å²) in [5.41, 5.74) is 6.63. The molecule has 1 heterocycles.